The molecule has 2 rings (SSSR count). The second-order valence-corrected chi connectivity index (χ2v) is 7.89. The van der Waals surface area contributed by atoms with Gasteiger partial charge >= 0.3 is 0 Å². The number of hydrogen-bond donors (Lipinski definition) is 1. The number of para-hydroxylation sites is 1. The lowest BCUT2D eigenvalue weighted by Crippen LogP contribution is -2.37. The van der Waals surface area contributed by atoms with Crippen LogP contribution in [0.1, 0.15) is 25.1 Å². The van der Waals surface area contributed by atoms with E-state index in [4.69, 9.17) is 0 Å². The molecule has 0 atom stereocenters. The molecule has 0 spiro atoms. The van der Waals surface area contributed by atoms with E-state index in [0.717, 1.165) is 11.3 Å². The predicted molar refractivity (Wildman–Crippen MR) is 90.3 cm³/mol. The molecule has 8 heteroatoms. The molecule has 1 aromatic carbocycles. The number of nitro groups is 1. The quantitative estimate of drug-likeness (QED) is 0.638. The molecule has 0 amide bonds. The fraction of sp³-hybridized carbons (Fsp3) is 0.312. The predicted octanol–water partition coefficient (Wildman–Crippen LogP) is 2.55. The van der Waals surface area contributed by atoms with Crippen LogP contribution >= 0.6 is 0 Å². The van der Waals surface area contributed by atoms with E-state index in [1.165, 1.54) is 24.3 Å². The van der Waals surface area contributed by atoms with Gasteiger partial charge in [0.1, 0.15) is 0 Å². The second kappa shape index (κ2) is 6.66. The summed E-state index contributed by atoms with van der Waals surface area (Å²) in [5.41, 5.74) is 0.731. The van der Waals surface area contributed by atoms with Crippen molar-refractivity contribution in [3.8, 4) is 0 Å². The summed E-state index contributed by atoms with van der Waals surface area (Å²) < 4.78 is 27.4. The SMILES string of the molecule is Cc1ccc(C(C)(C)CNS(=O)(=O)c2ccccc2[N+](=O)[O-])nc1. The molecule has 7 nitrogen and oxygen atoms in total. The van der Waals surface area contributed by atoms with Crippen LogP contribution in [0.3, 0.4) is 0 Å². The average Bonchev–Trinajstić information content (AvgIpc) is 2.53. The highest BCUT2D eigenvalue weighted by Gasteiger charge is 2.29. The van der Waals surface area contributed by atoms with E-state index < -0.39 is 26.0 Å². The van der Waals surface area contributed by atoms with Gasteiger partial charge in [-0.15, -0.1) is 0 Å². The van der Waals surface area contributed by atoms with Crippen molar-refractivity contribution in [3.63, 3.8) is 0 Å². The molecule has 0 aliphatic carbocycles. The fourth-order valence-corrected chi connectivity index (χ4v) is 3.53. The average molecular weight is 349 g/mol. The van der Waals surface area contributed by atoms with Crippen molar-refractivity contribution in [3.05, 3.63) is 64.0 Å². The number of hydrogen-bond acceptors (Lipinski definition) is 5. The maximum atomic E-state index is 12.5. The zero-order chi connectivity index (χ0) is 18.0. The first-order valence-electron chi connectivity index (χ1n) is 7.30. The van der Waals surface area contributed by atoms with E-state index >= 15 is 0 Å². The van der Waals surface area contributed by atoms with Crippen LogP contribution in [0.5, 0.6) is 0 Å². The minimum absolute atomic E-state index is 0.0669. The van der Waals surface area contributed by atoms with Crippen LogP contribution < -0.4 is 4.72 Å². The van der Waals surface area contributed by atoms with Crippen LogP contribution in [-0.2, 0) is 15.4 Å². The third-order valence-corrected chi connectivity index (χ3v) is 5.11. The van der Waals surface area contributed by atoms with E-state index in [1.54, 1.807) is 6.20 Å². The number of sulfonamides is 1. The van der Waals surface area contributed by atoms with Gasteiger partial charge in [0.25, 0.3) is 5.69 Å². The number of nitro benzene ring substituents is 1. The summed E-state index contributed by atoms with van der Waals surface area (Å²) in [6, 6.07) is 9.01. The lowest BCUT2D eigenvalue weighted by Gasteiger charge is -2.24. The molecular formula is C16H19N3O4S. The largest absolute Gasteiger partial charge is 0.289 e. The van der Waals surface area contributed by atoms with Crippen molar-refractivity contribution >= 4 is 15.7 Å². The Labute approximate surface area is 140 Å². The number of rotatable bonds is 6. The van der Waals surface area contributed by atoms with E-state index in [0.29, 0.717) is 0 Å². The van der Waals surface area contributed by atoms with E-state index in [-0.39, 0.29) is 11.4 Å². The first-order chi connectivity index (χ1) is 11.1. The van der Waals surface area contributed by atoms with Crippen molar-refractivity contribution < 1.29 is 13.3 Å². The minimum Gasteiger partial charge on any atom is -0.260 e. The molecule has 0 bridgehead atoms. The van der Waals surface area contributed by atoms with E-state index in [1.807, 2.05) is 32.9 Å². The standard InChI is InChI=1S/C16H19N3O4S/c1-12-8-9-15(17-10-12)16(2,3)11-18-24(22,23)14-7-5-4-6-13(14)19(20)21/h4-10,18H,11H2,1-3H3. The number of aryl methyl sites for hydroxylation is 1. The molecule has 1 N–H and O–H groups in total. The van der Waals surface area contributed by atoms with Crippen molar-refractivity contribution in [2.75, 3.05) is 6.54 Å². The van der Waals surface area contributed by atoms with Gasteiger partial charge in [-0.1, -0.05) is 32.0 Å². The number of aromatic nitrogens is 1. The Kier molecular flexibility index (Phi) is 5.00. The summed E-state index contributed by atoms with van der Waals surface area (Å²) in [6.07, 6.45) is 1.72. The Balaban J connectivity index is 2.24. The zero-order valence-electron chi connectivity index (χ0n) is 13.7. The molecule has 128 valence electrons. The maximum Gasteiger partial charge on any atom is 0.289 e. The van der Waals surface area contributed by atoms with E-state index in [2.05, 4.69) is 9.71 Å². The third-order valence-electron chi connectivity index (χ3n) is 3.66. The summed E-state index contributed by atoms with van der Waals surface area (Å²) in [4.78, 5) is 14.3. The first kappa shape index (κ1) is 18.0. The molecule has 1 heterocycles. The molecule has 0 aliphatic rings. The van der Waals surface area contributed by atoms with Gasteiger partial charge in [-0.2, -0.15) is 0 Å². The van der Waals surface area contributed by atoms with Gasteiger partial charge in [0, 0.05) is 29.9 Å². The topological polar surface area (TPSA) is 102 Å². The molecule has 0 saturated heterocycles. The summed E-state index contributed by atoms with van der Waals surface area (Å²) in [5.74, 6) is 0. The van der Waals surface area contributed by atoms with Gasteiger partial charge in [-0.3, -0.25) is 15.1 Å². The van der Waals surface area contributed by atoms with Crippen molar-refractivity contribution in [1.29, 1.82) is 0 Å². The van der Waals surface area contributed by atoms with Gasteiger partial charge in [0.2, 0.25) is 10.0 Å². The Morgan fingerprint density at radius 3 is 2.46 bits per heavy atom. The van der Waals surface area contributed by atoms with Gasteiger partial charge in [-0.05, 0) is 24.6 Å². The number of benzene rings is 1. The molecular weight excluding hydrogens is 330 g/mol. The molecule has 0 unspecified atom stereocenters. The number of pyridine rings is 1. The molecule has 0 saturated carbocycles. The Hall–Kier alpha value is -2.32. The normalized spacial score (nSPS) is 12.1. The van der Waals surface area contributed by atoms with E-state index in [9.17, 15) is 18.5 Å². The summed E-state index contributed by atoms with van der Waals surface area (Å²) in [5, 5.41) is 11.0. The van der Waals surface area contributed by atoms with Gasteiger partial charge < -0.3 is 0 Å². The number of nitrogens with zero attached hydrogens (tertiary/aromatic N) is 2. The molecule has 0 fully saturated rings. The molecule has 24 heavy (non-hydrogen) atoms. The van der Waals surface area contributed by atoms with Crippen LogP contribution in [0.2, 0.25) is 0 Å². The molecule has 1 aromatic heterocycles. The summed E-state index contributed by atoms with van der Waals surface area (Å²) >= 11 is 0. The highest BCUT2D eigenvalue weighted by molar-refractivity contribution is 7.89. The third kappa shape index (κ3) is 3.95. The van der Waals surface area contributed by atoms with Crippen LogP contribution in [0.15, 0.2) is 47.5 Å². The highest BCUT2D eigenvalue weighted by Crippen LogP contribution is 2.25. The van der Waals surface area contributed by atoms with Gasteiger partial charge in [0.15, 0.2) is 4.90 Å². The van der Waals surface area contributed by atoms with Gasteiger partial charge in [0.05, 0.1) is 4.92 Å². The van der Waals surface area contributed by atoms with Crippen molar-refractivity contribution in [2.45, 2.75) is 31.1 Å². The summed E-state index contributed by atoms with van der Waals surface area (Å²) in [6.45, 7) is 5.69. The van der Waals surface area contributed by atoms with Crippen LogP contribution in [0.4, 0.5) is 5.69 Å². The second-order valence-electron chi connectivity index (χ2n) is 6.15. The van der Waals surface area contributed by atoms with Gasteiger partial charge in [-0.25, -0.2) is 13.1 Å². The van der Waals surface area contributed by atoms with Crippen LogP contribution in [-0.4, -0.2) is 24.9 Å². The zero-order valence-corrected chi connectivity index (χ0v) is 14.5. The molecule has 0 aliphatic heterocycles. The number of nitrogens with one attached hydrogen (secondary N) is 1. The molecule has 0 radical (unpaired) electrons. The lowest BCUT2D eigenvalue weighted by atomic mass is 9.89. The van der Waals surface area contributed by atoms with Crippen LogP contribution in [0, 0.1) is 17.0 Å². The first-order valence-corrected chi connectivity index (χ1v) is 8.78. The van der Waals surface area contributed by atoms with Crippen molar-refractivity contribution in [1.82, 2.24) is 9.71 Å². The Morgan fingerprint density at radius 1 is 1.21 bits per heavy atom. The fourth-order valence-electron chi connectivity index (χ4n) is 2.15. The van der Waals surface area contributed by atoms with Crippen LogP contribution in [0.25, 0.3) is 0 Å². The molecule has 2 aromatic rings. The van der Waals surface area contributed by atoms with Crippen molar-refractivity contribution in [2.24, 2.45) is 0 Å². The summed E-state index contributed by atoms with van der Waals surface area (Å²) in [7, 11) is -4.00. The smallest absolute Gasteiger partial charge is 0.260 e. The lowest BCUT2D eigenvalue weighted by molar-refractivity contribution is -0.387. The Bertz CT molecular complexity index is 846. The highest BCUT2D eigenvalue weighted by atomic mass is 32.2. The Morgan fingerprint density at radius 2 is 1.88 bits per heavy atom. The minimum atomic E-state index is -4.00. The maximum absolute atomic E-state index is 12.5. The monoisotopic (exact) mass is 349 g/mol.